The fourth-order valence-corrected chi connectivity index (χ4v) is 2.87. The second-order valence-electron chi connectivity index (χ2n) is 5.48. The Morgan fingerprint density at radius 2 is 2.00 bits per heavy atom. The highest BCUT2D eigenvalue weighted by molar-refractivity contribution is 5.89. The summed E-state index contributed by atoms with van der Waals surface area (Å²) in [5, 5.41) is 1.01. The smallest absolute Gasteiger partial charge is 0.153 e. The topological polar surface area (TPSA) is 48.1 Å². The minimum atomic E-state index is 0.279. The van der Waals surface area contributed by atoms with Crippen molar-refractivity contribution in [2.75, 3.05) is 5.73 Å². The minimum absolute atomic E-state index is 0.279. The first kappa shape index (κ1) is 12.3. The predicted octanol–water partition coefficient (Wildman–Crippen LogP) is 3.77. The average molecular weight is 256 g/mol. The summed E-state index contributed by atoms with van der Waals surface area (Å²) in [5.41, 5.74) is 7.64. The summed E-state index contributed by atoms with van der Waals surface area (Å²) in [5.74, 6) is 1.41. The molecule has 3 rings (SSSR count). The molecular weight excluding hydrogens is 236 g/mol. The lowest BCUT2D eigenvalue weighted by molar-refractivity contribution is 0.105. The second-order valence-corrected chi connectivity index (χ2v) is 5.48. The molecule has 2 N–H and O–H groups in total. The molecule has 2 aromatic rings. The Balaban J connectivity index is 1.97. The maximum atomic E-state index is 6.25. The first-order chi connectivity index (χ1) is 9.25. The number of para-hydroxylation sites is 1. The molecule has 3 heteroatoms. The van der Waals surface area contributed by atoms with Crippen LogP contribution in [0.3, 0.4) is 0 Å². The Hall–Kier alpha value is -1.77. The minimum Gasteiger partial charge on any atom is -0.487 e. The van der Waals surface area contributed by atoms with Gasteiger partial charge in [0, 0.05) is 5.39 Å². The average Bonchev–Trinajstić information content (AvgIpc) is 2.44. The van der Waals surface area contributed by atoms with Gasteiger partial charge < -0.3 is 10.5 Å². The van der Waals surface area contributed by atoms with E-state index < -0.39 is 0 Å². The summed E-state index contributed by atoms with van der Waals surface area (Å²) in [7, 11) is 0. The zero-order valence-corrected chi connectivity index (χ0v) is 11.3. The van der Waals surface area contributed by atoms with Crippen LogP contribution < -0.4 is 10.5 Å². The van der Waals surface area contributed by atoms with E-state index in [1.165, 1.54) is 19.3 Å². The summed E-state index contributed by atoms with van der Waals surface area (Å²) >= 11 is 0. The van der Waals surface area contributed by atoms with Crippen LogP contribution in [0.25, 0.3) is 10.9 Å². The maximum absolute atomic E-state index is 6.25. The number of benzene rings is 1. The van der Waals surface area contributed by atoms with Gasteiger partial charge in [0.15, 0.2) is 5.75 Å². The van der Waals surface area contributed by atoms with Crippen LogP contribution in [0.1, 0.15) is 32.6 Å². The fraction of sp³-hybridized carbons (Fsp3) is 0.438. The predicted molar refractivity (Wildman–Crippen MR) is 78.2 cm³/mol. The summed E-state index contributed by atoms with van der Waals surface area (Å²) in [6.07, 6.45) is 6.91. The number of fused-ring (bicyclic) bond motifs is 1. The number of ether oxygens (including phenoxy) is 1. The Labute approximate surface area is 113 Å². The van der Waals surface area contributed by atoms with E-state index in [-0.39, 0.29) is 6.10 Å². The van der Waals surface area contributed by atoms with Crippen LogP contribution in [0, 0.1) is 5.92 Å². The van der Waals surface area contributed by atoms with Crippen molar-refractivity contribution >= 4 is 16.6 Å². The van der Waals surface area contributed by atoms with Gasteiger partial charge in [0.25, 0.3) is 0 Å². The molecule has 0 spiro atoms. The number of anilines is 1. The van der Waals surface area contributed by atoms with Crippen molar-refractivity contribution in [1.29, 1.82) is 0 Å². The molecule has 0 saturated heterocycles. The second kappa shape index (κ2) is 5.08. The summed E-state index contributed by atoms with van der Waals surface area (Å²) in [6, 6.07) is 8.01. The highest BCUT2D eigenvalue weighted by Crippen LogP contribution is 2.35. The normalized spacial score (nSPS) is 23.4. The van der Waals surface area contributed by atoms with Gasteiger partial charge in [0.1, 0.15) is 6.10 Å². The van der Waals surface area contributed by atoms with Crippen molar-refractivity contribution in [3.05, 3.63) is 30.5 Å². The summed E-state index contributed by atoms with van der Waals surface area (Å²) in [6.45, 7) is 2.27. The van der Waals surface area contributed by atoms with Crippen molar-refractivity contribution in [2.24, 2.45) is 5.92 Å². The van der Waals surface area contributed by atoms with Gasteiger partial charge in [-0.15, -0.1) is 0 Å². The van der Waals surface area contributed by atoms with Crippen molar-refractivity contribution in [2.45, 2.75) is 38.7 Å². The third-order valence-electron chi connectivity index (χ3n) is 4.06. The van der Waals surface area contributed by atoms with E-state index >= 15 is 0 Å². The van der Waals surface area contributed by atoms with Crippen LogP contribution in [0.2, 0.25) is 0 Å². The number of hydrogen-bond acceptors (Lipinski definition) is 3. The van der Waals surface area contributed by atoms with E-state index in [2.05, 4.69) is 11.9 Å². The quantitative estimate of drug-likeness (QED) is 0.889. The molecule has 1 fully saturated rings. The Morgan fingerprint density at radius 1 is 1.21 bits per heavy atom. The Kier molecular flexibility index (Phi) is 3.28. The van der Waals surface area contributed by atoms with Gasteiger partial charge in [-0.2, -0.15) is 0 Å². The van der Waals surface area contributed by atoms with Crippen molar-refractivity contribution < 1.29 is 4.74 Å². The molecule has 2 atom stereocenters. The largest absolute Gasteiger partial charge is 0.487 e. The van der Waals surface area contributed by atoms with Gasteiger partial charge in [0.2, 0.25) is 0 Å². The number of rotatable bonds is 2. The monoisotopic (exact) mass is 256 g/mol. The molecule has 1 aliphatic carbocycles. The van der Waals surface area contributed by atoms with Crippen LogP contribution in [-0.2, 0) is 0 Å². The zero-order chi connectivity index (χ0) is 13.2. The molecule has 3 nitrogen and oxygen atoms in total. The van der Waals surface area contributed by atoms with Crippen LogP contribution >= 0.6 is 0 Å². The van der Waals surface area contributed by atoms with E-state index in [9.17, 15) is 0 Å². The maximum Gasteiger partial charge on any atom is 0.153 e. The molecule has 1 saturated carbocycles. The molecule has 0 bridgehead atoms. The van der Waals surface area contributed by atoms with Gasteiger partial charge in [0.05, 0.1) is 17.4 Å². The number of nitrogens with zero attached hydrogens (tertiary/aromatic N) is 1. The van der Waals surface area contributed by atoms with Crippen LogP contribution in [0.15, 0.2) is 30.5 Å². The number of aromatic nitrogens is 1. The van der Waals surface area contributed by atoms with Gasteiger partial charge in [-0.1, -0.05) is 25.5 Å². The third kappa shape index (κ3) is 2.37. The first-order valence-electron chi connectivity index (χ1n) is 7.05. The van der Waals surface area contributed by atoms with E-state index in [0.717, 1.165) is 23.1 Å². The van der Waals surface area contributed by atoms with E-state index in [0.29, 0.717) is 11.6 Å². The molecule has 0 amide bonds. The molecular formula is C16H20N2O. The van der Waals surface area contributed by atoms with Gasteiger partial charge in [-0.05, 0) is 37.3 Å². The van der Waals surface area contributed by atoms with Gasteiger partial charge in [-0.3, -0.25) is 4.98 Å². The van der Waals surface area contributed by atoms with Crippen LogP contribution in [0.4, 0.5) is 5.69 Å². The molecule has 0 radical (unpaired) electrons. The number of nitrogens with two attached hydrogens (primary N) is 1. The number of nitrogen functional groups attached to an aromatic ring is 1. The molecule has 100 valence electrons. The Morgan fingerprint density at radius 3 is 2.84 bits per heavy atom. The Bertz CT molecular complexity index is 582. The van der Waals surface area contributed by atoms with Crippen LogP contribution in [0.5, 0.6) is 5.75 Å². The fourth-order valence-electron chi connectivity index (χ4n) is 2.87. The molecule has 19 heavy (non-hydrogen) atoms. The summed E-state index contributed by atoms with van der Waals surface area (Å²) in [4.78, 5) is 4.35. The number of hydrogen-bond donors (Lipinski definition) is 1. The molecule has 1 aliphatic rings. The summed E-state index contributed by atoms with van der Waals surface area (Å²) < 4.78 is 6.25. The third-order valence-corrected chi connectivity index (χ3v) is 4.06. The molecule has 1 heterocycles. The molecule has 0 aliphatic heterocycles. The molecule has 1 aromatic heterocycles. The van der Waals surface area contributed by atoms with Crippen molar-refractivity contribution in [3.8, 4) is 5.75 Å². The van der Waals surface area contributed by atoms with Crippen molar-refractivity contribution in [1.82, 2.24) is 4.98 Å². The number of pyridine rings is 1. The lowest BCUT2D eigenvalue weighted by atomic mass is 9.88. The van der Waals surface area contributed by atoms with E-state index in [1.807, 2.05) is 24.3 Å². The van der Waals surface area contributed by atoms with E-state index in [4.69, 9.17) is 10.5 Å². The molecule has 1 aromatic carbocycles. The van der Waals surface area contributed by atoms with E-state index in [1.54, 1.807) is 6.20 Å². The highest BCUT2D eigenvalue weighted by Gasteiger charge is 2.24. The zero-order valence-electron chi connectivity index (χ0n) is 11.3. The highest BCUT2D eigenvalue weighted by atomic mass is 16.5. The standard InChI is InChI=1S/C16H20N2O/c1-11-6-2-5-9-15(11)19-16-12-7-3-4-8-14(12)18-10-13(16)17/h3-4,7-8,10-11,15H,2,5-6,9,17H2,1H3. The van der Waals surface area contributed by atoms with Gasteiger partial charge >= 0.3 is 0 Å². The lowest BCUT2D eigenvalue weighted by Gasteiger charge is -2.30. The lowest BCUT2D eigenvalue weighted by Crippen LogP contribution is -2.28. The van der Waals surface area contributed by atoms with Crippen LogP contribution in [-0.4, -0.2) is 11.1 Å². The van der Waals surface area contributed by atoms with Crippen molar-refractivity contribution in [3.63, 3.8) is 0 Å². The SMILES string of the molecule is CC1CCCCC1Oc1c(N)cnc2ccccc12. The van der Waals surface area contributed by atoms with Gasteiger partial charge in [-0.25, -0.2) is 0 Å². The first-order valence-corrected chi connectivity index (χ1v) is 7.05. The molecule has 2 unspecified atom stereocenters.